The Morgan fingerprint density at radius 3 is 2.40 bits per heavy atom. The lowest BCUT2D eigenvalue weighted by atomic mass is 9.99. The van der Waals surface area contributed by atoms with Gasteiger partial charge in [0.25, 0.3) is 0 Å². The van der Waals surface area contributed by atoms with E-state index in [1.165, 1.54) is 0 Å². The van der Waals surface area contributed by atoms with E-state index in [1.807, 2.05) is 54.7 Å². The third-order valence-corrected chi connectivity index (χ3v) is 5.89. The zero-order valence-electron chi connectivity index (χ0n) is 19.8. The zero-order valence-corrected chi connectivity index (χ0v) is 19.8. The van der Waals surface area contributed by atoms with Gasteiger partial charge in [0.15, 0.2) is 0 Å². The highest BCUT2D eigenvalue weighted by atomic mass is 16.5. The largest absolute Gasteiger partial charge is 0.497 e. The lowest BCUT2D eigenvalue weighted by Gasteiger charge is -2.27. The van der Waals surface area contributed by atoms with E-state index in [-0.39, 0.29) is 6.17 Å². The van der Waals surface area contributed by atoms with Crippen LogP contribution in [-0.4, -0.2) is 32.1 Å². The second-order valence-corrected chi connectivity index (χ2v) is 7.99. The standard InChI is InChI=1S/C28H26N4O3/c1-33-21-8-4-6-18(14-21)19-9-11-24-23(15-19)28(32-27(30-24)20-7-5-13-29-17-20)31-25-12-10-22(34-2)16-26(25)35-3/h4-17,27,30H,1-3H3,(H,31,32). The maximum Gasteiger partial charge on any atom is 0.148 e. The summed E-state index contributed by atoms with van der Waals surface area (Å²) >= 11 is 0. The first-order valence-corrected chi connectivity index (χ1v) is 11.2. The molecule has 2 heterocycles. The number of anilines is 2. The summed E-state index contributed by atoms with van der Waals surface area (Å²) in [5, 5.41) is 7.03. The summed E-state index contributed by atoms with van der Waals surface area (Å²) in [6, 6.07) is 23.9. The zero-order chi connectivity index (χ0) is 24.2. The molecule has 0 fully saturated rings. The predicted octanol–water partition coefficient (Wildman–Crippen LogP) is 5.76. The molecule has 0 saturated heterocycles. The fourth-order valence-corrected chi connectivity index (χ4v) is 4.05. The van der Waals surface area contributed by atoms with Gasteiger partial charge in [-0.1, -0.05) is 24.3 Å². The van der Waals surface area contributed by atoms with Crippen LogP contribution in [0.25, 0.3) is 11.1 Å². The van der Waals surface area contributed by atoms with Gasteiger partial charge in [0.2, 0.25) is 0 Å². The molecule has 7 heteroatoms. The molecule has 1 unspecified atom stereocenters. The van der Waals surface area contributed by atoms with Crippen molar-refractivity contribution in [2.75, 3.05) is 32.0 Å². The summed E-state index contributed by atoms with van der Waals surface area (Å²) in [6.45, 7) is 0. The van der Waals surface area contributed by atoms with Gasteiger partial charge in [0.1, 0.15) is 29.2 Å². The minimum Gasteiger partial charge on any atom is -0.497 e. The van der Waals surface area contributed by atoms with E-state index < -0.39 is 0 Å². The molecule has 0 bridgehead atoms. The molecule has 2 N–H and O–H groups in total. The number of fused-ring (bicyclic) bond motifs is 1. The van der Waals surface area contributed by atoms with Crippen LogP contribution in [0.3, 0.4) is 0 Å². The Balaban J connectivity index is 1.59. The Labute approximate surface area is 204 Å². The van der Waals surface area contributed by atoms with E-state index in [4.69, 9.17) is 19.2 Å². The van der Waals surface area contributed by atoms with Gasteiger partial charge in [-0.05, 0) is 53.6 Å². The fraction of sp³-hybridized carbons (Fsp3) is 0.143. The molecule has 1 aliphatic rings. The highest BCUT2D eigenvalue weighted by Gasteiger charge is 2.23. The van der Waals surface area contributed by atoms with Crippen molar-refractivity contribution in [1.29, 1.82) is 0 Å². The summed E-state index contributed by atoms with van der Waals surface area (Å²) in [7, 11) is 4.94. The quantitative estimate of drug-likeness (QED) is 0.376. The fourth-order valence-electron chi connectivity index (χ4n) is 4.05. The Morgan fingerprint density at radius 1 is 0.800 bits per heavy atom. The smallest absolute Gasteiger partial charge is 0.148 e. The average molecular weight is 467 g/mol. The number of pyridine rings is 1. The Hall–Kier alpha value is -4.52. The summed E-state index contributed by atoms with van der Waals surface area (Å²) in [6.07, 6.45) is 3.29. The van der Waals surface area contributed by atoms with Gasteiger partial charge in [-0.2, -0.15) is 0 Å². The first-order chi connectivity index (χ1) is 17.2. The second-order valence-electron chi connectivity index (χ2n) is 7.99. The molecule has 0 amide bonds. The topological polar surface area (TPSA) is 77.0 Å². The molecular weight excluding hydrogens is 440 g/mol. The molecule has 0 radical (unpaired) electrons. The number of nitrogens with zero attached hydrogens (tertiary/aromatic N) is 2. The number of hydrogen-bond acceptors (Lipinski definition) is 7. The van der Waals surface area contributed by atoms with Crippen LogP contribution in [0, 0.1) is 0 Å². The SMILES string of the molecule is COc1cccc(-c2ccc3c(c2)C(Nc2ccc(OC)cc2OC)=NC(c2cccnc2)N3)c1. The van der Waals surface area contributed by atoms with Crippen molar-refractivity contribution in [2.24, 2.45) is 4.99 Å². The van der Waals surface area contributed by atoms with E-state index in [0.29, 0.717) is 11.5 Å². The van der Waals surface area contributed by atoms with Gasteiger partial charge in [-0.25, -0.2) is 4.99 Å². The molecule has 5 rings (SSSR count). The Bertz CT molecular complexity index is 1370. The second kappa shape index (κ2) is 9.77. The van der Waals surface area contributed by atoms with Crippen molar-refractivity contribution in [2.45, 2.75) is 6.17 Å². The maximum absolute atomic E-state index is 5.61. The summed E-state index contributed by atoms with van der Waals surface area (Å²) in [5.74, 6) is 2.91. The number of rotatable bonds is 6. The molecule has 0 saturated carbocycles. The van der Waals surface area contributed by atoms with Gasteiger partial charge >= 0.3 is 0 Å². The number of hydrogen-bond donors (Lipinski definition) is 2. The van der Waals surface area contributed by atoms with Crippen molar-refractivity contribution in [3.8, 4) is 28.4 Å². The van der Waals surface area contributed by atoms with E-state index in [9.17, 15) is 0 Å². The average Bonchev–Trinajstić information content (AvgIpc) is 2.93. The van der Waals surface area contributed by atoms with E-state index >= 15 is 0 Å². The van der Waals surface area contributed by atoms with E-state index in [1.54, 1.807) is 27.5 Å². The Kier molecular flexibility index (Phi) is 6.22. The molecular formula is C28H26N4O3. The molecule has 1 atom stereocenters. The summed E-state index contributed by atoms with van der Waals surface area (Å²) in [5.41, 5.74) is 5.79. The minimum atomic E-state index is -0.286. The summed E-state index contributed by atoms with van der Waals surface area (Å²) < 4.78 is 16.4. The number of benzene rings is 3. The van der Waals surface area contributed by atoms with Crippen molar-refractivity contribution in [1.82, 2.24) is 4.98 Å². The lowest BCUT2D eigenvalue weighted by Crippen LogP contribution is -2.25. The van der Waals surface area contributed by atoms with Gasteiger partial charge in [-0.3, -0.25) is 4.98 Å². The van der Waals surface area contributed by atoms with Crippen LogP contribution >= 0.6 is 0 Å². The van der Waals surface area contributed by atoms with Crippen molar-refractivity contribution in [3.05, 3.63) is 96.3 Å². The highest BCUT2D eigenvalue weighted by molar-refractivity contribution is 6.14. The third-order valence-electron chi connectivity index (χ3n) is 5.89. The predicted molar refractivity (Wildman–Crippen MR) is 139 cm³/mol. The van der Waals surface area contributed by atoms with E-state index in [0.717, 1.165) is 45.2 Å². The molecule has 35 heavy (non-hydrogen) atoms. The monoisotopic (exact) mass is 466 g/mol. The molecule has 7 nitrogen and oxygen atoms in total. The number of aliphatic imine (C=N–C) groups is 1. The first kappa shape index (κ1) is 22.3. The number of methoxy groups -OCH3 is 3. The molecule has 3 aromatic carbocycles. The number of aromatic nitrogens is 1. The van der Waals surface area contributed by atoms with Crippen molar-refractivity contribution >= 4 is 17.2 Å². The van der Waals surface area contributed by atoms with Gasteiger partial charge < -0.3 is 24.8 Å². The molecule has 4 aromatic rings. The van der Waals surface area contributed by atoms with Crippen LogP contribution < -0.4 is 24.8 Å². The van der Waals surface area contributed by atoms with Crippen LogP contribution in [0.4, 0.5) is 11.4 Å². The van der Waals surface area contributed by atoms with Gasteiger partial charge in [0.05, 0.1) is 27.0 Å². The van der Waals surface area contributed by atoms with Gasteiger partial charge in [0, 0.05) is 35.3 Å². The third kappa shape index (κ3) is 4.61. The minimum absolute atomic E-state index is 0.286. The van der Waals surface area contributed by atoms with Crippen LogP contribution in [0.1, 0.15) is 17.3 Å². The Morgan fingerprint density at radius 2 is 1.63 bits per heavy atom. The van der Waals surface area contributed by atoms with Crippen LogP contribution in [0.5, 0.6) is 17.2 Å². The first-order valence-electron chi connectivity index (χ1n) is 11.2. The highest BCUT2D eigenvalue weighted by Crippen LogP contribution is 2.36. The van der Waals surface area contributed by atoms with Crippen LogP contribution in [0.15, 0.2) is 90.2 Å². The lowest BCUT2D eigenvalue weighted by molar-refractivity contribution is 0.395. The summed E-state index contributed by atoms with van der Waals surface area (Å²) in [4.78, 5) is 9.28. The van der Waals surface area contributed by atoms with Crippen LogP contribution in [-0.2, 0) is 0 Å². The number of amidine groups is 1. The number of ether oxygens (including phenoxy) is 3. The number of nitrogens with one attached hydrogen (secondary N) is 2. The molecule has 0 spiro atoms. The molecule has 176 valence electrons. The molecule has 1 aromatic heterocycles. The van der Waals surface area contributed by atoms with Crippen LogP contribution in [0.2, 0.25) is 0 Å². The van der Waals surface area contributed by atoms with Gasteiger partial charge in [-0.15, -0.1) is 0 Å². The molecule has 0 aliphatic carbocycles. The van der Waals surface area contributed by atoms with E-state index in [2.05, 4.69) is 39.9 Å². The normalized spacial score (nSPS) is 14.3. The van der Waals surface area contributed by atoms with Crippen molar-refractivity contribution < 1.29 is 14.2 Å². The van der Waals surface area contributed by atoms with Crippen molar-refractivity contribution in [3.63, 3.8) is 0 Å². The molecule has 1 aliphatic heterocycles. The maximum atomic E-state index is 5.61.